The lowest BCUT2D eigenvalue weighted by molar-refractivity contribution is 0.139. The molecule has 0 aliphatic rings. The predicted molar refractivity (Wildman–Crippen MR) is 71.6 cm³/mol. The van der Waals surface area contributed by atoms with Crippen molar-refractivity contribution >= 4 is 21.6 Å². The molecule has 0 saturated heterocycles. The van der Waals surface area contributed by atoms with Crippen LogP contribution in [0.25, 0.3) is 10.2 Å². The van der Waals surface area contributed by atoms with Crippen LogP contribution in [-0.4, -0.2) is 17.8 Å². The molecule has 0 atom stereocenters. The first-order valence-corrected chi connectivity index (χ1v) is 6.68. The van der Waals surface area contributed by atoms with Crippen molar-refractivity contribution in [3.05, 3.63) is 28.1 Å². The monoisotopic (exact) mass is 250 g/mol. The molecule has 2 aromatic rings. The second-order valence-corrected chi connectivity index (χ2v) is 5.18. The molecule has 4 heteroatoms. The Bertz CT molecular complexity index is 583. The van der Waals surface area contributed by atoms with E-state index in [4.69, 9.17) is 10.1 Å². The number of nitrogens with one attached hydrogen (secondary N) is 1. The standard InChI is InChI=1S/C13H18N2OS/c1-4-16-6-5-15-11-8-9(2)7-10(3)12(11)17-13(15)14/h7-8,14H,4-6H2,1-3H3. The maximum Gasteiger partial charge on any atom is 0.183 e. The van der Waals surface area contributed by atoms with Gasteiger partial charge in [-0.3, -0.25) is 5.41 Å². The van der Waals surface area contributed by atoms with Crippen LogP contribution in [0.2, 0.25) is 0 Å². The Morgan fingerprint density at radius 2 is 2.12 bits per heavy atom. The number of aromatic nitrogens is 1. The van der Waals surface area contributed by atoms with Crippen molar-refractivity contribution in [1.82, 2.24) is 4.57 Å². The number of hydrogen-bond acceptors (Lipinski definition) is 3. The summed E-state index contributed by atoms with van der Waals surface area (Å²) in [4.78, 5) is 0.605. The zero-order chi connectivity index (χ0) is 12.4. The van der Waals surface area contributed by atoms with E-state index in [0.29, 0.717) is 11.4 Å². The number of ether oxygens (including phenoxy) is 1. The van der Waals surface area contributed by atoms with E-state index in [1.807, 2.05) is 11.5 Å². The SMILES string of the molecule is CCOCCn1c(=N)sc2c(C)cc(C)cc21. The highest BCUT2D eigenvalue weighted by Gasteiger charge is 2.07. The van der Waals surface area contributed by atoms with Crippen LogP contribution in [-0.2, 0) is 11.3 Å². The molecule has 0 spiro atoms. The van der Waals surface area contributed by atoms with Gasteiger partial charge in [-0.05, 0) is 38.0 Å². The Balaban J connectivity index is 2.47. The molecule has 0 saturated carbocycles. The zero-order valence-corrected chi connectivity index (χ0v) is 11.4. The minimum atomic E-state index is 0.605. The fourth-order valence-electron chi connectivity index (χ4n) is 2.05. The molecule has 0 aliphatic heterocycles. The fraction of sp³-hybridized carbons (Fsp3) is 0.462. The minimum Gasteiger partial charge on any atom is -0.380 e. The fourth-order valence-corrected chi connectivity index (χ4v) is 3.04. The summed E-state index contributed by atoms with van der Waals surface area (Å²) < 4.78 is 8.63. The van der Waals surface area contributed by atoms with Gasteiger partial charge in [-0.1, -0.05) is 17.4 Å². The Hall–Kier alpha value is -1.13. The molecular formula is C13H18N2OS. The number of nitrogens with zero attached hydrogens (tertiary/aromatic N) is 1. The lowest BCUT2D eigenvalue weighted by Crippen LogP contribution is -2.16. The summed E-state index contributed by atoms with van der Waals surface area (Å²) in [5.41, 5.74) is 3.67. The number of aryl methyl sites for hydroxylation is 2. The van der Waals surface area contributed by atoms with Crippen molar-refractivity contribution in [1.29, 1.82) is 5.41 Å². The first-order chi connectivity index (χ1) is 8.13. The second-order valence-electron chi connectivity index (χ2n) is 4.19. The van der Waals surface area contributed by atoms with Gasteiger partial charge in [0.2, 0.25) is 0 Å². The molecule has 1 aromatic heterocycles. The number of benzene rings is 1. The summed E-state index contributed by atoms with van der Waals surface area (Å²) in [5.74, 6) is 0. The molecule has 0 unspecified atom stereocenters. The van der Waals surface area contributed by atoms with Gasteiger partial charge in [-0.2, -0.15) is 0 Å². The summed E-state index contributed by atoms with van der Waals surface area (Å²) in [7, 11) is 0. The van der Waals surface area contributed by atoms with Gasteiger partial charge in [-0.15, -0.1) is 0 Å². The van der Waals surface area contributed by atoms with Crippen molar-refractivity contribution in [3.63, 3.8) is 0 Å². The topological polar surface area (TPSA) is 38.0 Å². The largest absolute Gasteiger partial charge is 0.380 e. The van der Waals surface area contributed by atoms with Crippen LogP contribution in [0.5, 0.6) is 0 Å². The van der Waals surface area contributed by atoms with Gasteiger partial charge in [0, 0.05) is 13.2 Å². The summed E-state index contributed by atoms with van der Waals surface area (Å²) >= 11 is 1.55. The lowest BCUT2D eigenvalue weighted by atomic mass is 10.1. The third-order valence-electron chi connectivity index (χ3n) is 2.80. The van der Waals surface area contributed by atoms with Crippen LogP contribution >= 0.6 is 11.3 Å². The van der Waals surface area contributed by atoms with Crippen LogP contribution in [0.15, 0.2) is 12.1 Å². The Labute approximate surface area is 105 Å². The van der Waals surface area contributed by atoms with Crippen molar-refractivity contribution in [3.8, 4) is 0 Å². The van der Waals surface area contributed by atoms with Gasteiger partial charge < -0.3 is 9.30 Å². The number of fused-ring (bicyclic) bond motifs is 1. The van der Waals surface area contributed by atoms with Gasteiger partial charge in [0.05, 0.1) is 16.8 Å². The molecule has 0 radical (unpaired) electrons. The Kier molecular flexibility index (Phi) is 3.64. The zero-order valence-electron chi connectivity index (χ0n) is 10.5. The van der Waals surface area contributed by atoms with E-state index in [9.17, 15) is 0 Å². The summed E-state index contributed by atoms with van der Waals surface area (Å²) in [6.07, 6.45) is 0. The third-order valence-corrected chi connectivity index (χ3v) is 3.95. The molecule has 0 bridgehead atoms. The van der Waals surface area contributed by atoms with Crippen LogP contribution in [0.4, 0.5) is 0 Å². The Morgan fingerprint density at radius 3 is 2.82 bits per heavy atom. The maximum atomic E-state index is 8.03. The second kappa shape index (κ2) is 5.02. The summed E-state index contributed by atoms with van der Waals surface area (Å²) in [6.45, 7) is 8.36. The molecule has 3 nitrogen and oxygen atoms in total. The average molecular weight is 250 g/mol. The number of thiazole rings is 1. The van der Waals surface area contributed by atoms with E-state index < -0.39 is 0 Å². The Morgan fingerprint density at radius 1 is 1.35 bits per heavy atom. The highest BCUT2D eigenvalue weighted by molar-refractivity contribution is 7.16. The number of rotatable bonds is 4. The normalized spacial score (nSPS) is 11.2. The van der Waals surface area contributed by atoms with Crippen LogP contribution in [0, 0.1) is 19.3 Å². The summed E-state index contributed by atoms with van der Waals surface area (Å²) in [5, 5.41) is 8.03. The molecule has 0 aliphatic carbocycles. The first-order valence-electron chi connectivity index (χ1n) is 5.86. The quantitative estimate of drug-likeness (QED) is 0.833. The molecule has 17 heavy (non-hydrogen) atoms. The van der Waals surface area contributed by atoms with Gasteiger partial charge in [-0.25, -0.2) is 0 Å². The molecule has 1 aromatic carbocycles. The molecular weight excluding hydrogens is 232 g/mol. The lowest BCUT2D eigenvalue weighted by Gasteiger charge is -2.06. The van der Waals surface area contributed by atoms with Crippen LogP contribution < -0.4 is 4.80 Å². The van der Waals surface area contributed by atoms with Crippen molar-refractivity contribution < 1.29 is 4.74 Å². The van der Waals surface area contributed by atoms with Crippen LogP contribution in [0.1, 0.15) is 18.1 Å². The molecule has 1 heterocycles. The van der Waals surface area contributed by atoms with Gasteiger partial charge >= 0.3 is 0 Å². The summed E-state index contributed by atoms with van der Waals surface area (Å²) in [6, 6.07) is 4.33. The molecule has 1 N–H and O–H groups in total. The van der Waals surface area contributed by atoms with Crippen molar-refractivity contribution in [2.24, 2.45) is 0 Å². The van der Waals surface area contributed by atoms with Crippen LogP contribution in [0.3, 0.4) is 0 Å². The highest BCUT2D eigenvalue weighted by Crippen LogP contribution is 2.23. The maximum absolute atomic E-state index is 8.03. The van der Waals surface area contributed by atoms with Gasteiger partial charge in [0.15, 0.2) is 4.80 Å². The highest BCUT2D eigenvalue weighted by atomic mass is 32.1. The molecule has 2 rings (SSSR count). The van der Waals surface area contributed by atoms with Crippen molar-refractivity contribution in [2.45, 2.75) is 27.3 Å². The van der Waals surface area contributed by atoms with E-state index in [1.165, 1.54) is 15.8 Å². The van der Waals surface area contributed by atoms with E-state index in [-0.39, 0.29) is 0 Å². The van der Waals surface area contributed by atoms with E-state index in [0.717, 1.165) is 18.7 Å². The molecule has 92 valence electrons. The van der Waals surface area contributed by atoms with E-state index >= 15 is 0 Å². The third kappa shape index (κ3) is 2.42. The van der Waals surface area contributed by atoms with Crippen molar-refractivity contribution in [2.75, 3.05) is 13.2 Å². The average Bonchev–Trinajstić information content (AvgIpc) is 2.57. The minimum absolute atomic E-state index is 0.605. The first kappa shape index (κ1) is 12.3. The van der Waals surface area contributed by atoms with Gasteiger partial charge in [0.1, 0.15) is 0 Å². The van der Waals surface area contributed by atoms with Gasteiger partial charge in [0.25, 0.3) is 0 Å². The molecule has 0 amide bonds. The molecule has 0 fully saturated rings. The number of hydrogen-bond donors (Lipinski definition) is 1. The van der Waals surface area contributed by atoms with E-state index in [2.05, 4.69) is 26.0 Å². The predicted octanol–water partition coefficient (Wildman–Crippen LogP) is 2.84. The smallest absolute Gasteiger partial charge is 0.183 e. The van der Waals surface area contributed by atoms with E-state index in [1.54, 1.807) is 11.3 Å².